The van der Waals surface area contributed by atoms with E-state index in [1.807, 2.05) is 19.1 Å². The summed E-state index contributed by atoms with van der Waals surface area (Å²) in [6, 6.07) is 7.28. The van der Waals surface area contributed by atoms with E-state index in [1.54, 1.807) is 17.0 Å². The smallest absolute Gasteiger partial charge is 0.226 e. The molecular weight excluding hydrogens is 304 g/mol. The number of rotatable bonds is 5. The molecule has 2 atom stereocenters. The first-order valence-corrected chi connectivity index (χ1v) is 7.83. The largest absolute Gasteiger partial charge is 0.491 e. The summed E-state index contributed by atoms with van der Waals surface area (Å²) in [6.07, 6.45) is 1.79. The minimum absolute atomic E-state index is 0.0227. The summed E-state index contributed by atoms with van der Waals surface area (Å²) >= 11 is 5.99. The van der Waals surface area contributed by atoms with Crippen molar-refractivity contribution in [3.05, 3.63) is 29.3 Å². The molecule has 120 valence electrons. The van der Waals surface area contributed by atoms with Crippen LogP contribution in [0.5, 0.6) is 5.75 Å². The molecule has 1 aromatic carbocycles. The number of hydrogen-bond donors (Lipinski definition) is 1. The first-order chi connectivity index (χ1) is 10.5. The number of nitrogens with two attached hydrogens (primary N) is 1. The molecule has 22 heavy (non-hydrogen) atoms. The van der Waals surface area contributed by atoms with Gasteiger partial charge in [0.1, 0.15) is 5.75 Å². The van der Waals surface area contributed by atoms with E-state index in [9.17, 15) is 9.59 Å². The van der Waals surface area contributed by atoms with Crippen LogP contribution in [0.25, 0.3) is 0 Å². The van der Waals surface area contributed by atoms with Gasteiger partial charge in [0.15, 0.2) is 0 Å². The van der Waals surface area contributed by atoms with E-state index >= 15 is 0 Å². The molecule has 2 amide bonds. The van der Waals surface area contributed by atoms with Crippen molar-refractivity contribution in [2.24, 2.45) is 11.7 Å². The molecule has 2 rings (SSSR count). The highest BCUT2D eigenvalue weighted by Crippen LogP contribution is 2.24. The first kappa shape index (κ1) is 16.6. The van der Waals surface area contributed by atoms with Crippen LogP contribution in [0.1, 0.15) is 26.2 Å². The van der Waals surface area contributed by atoms with Crippen LogP contribution in [0.2, 0.25) is 5.02 Å². The number of likely N-dealkylation sites (tertiary alicyclic amines) is 1. The van der Waals surface area contributed by atoms with Gasteiger partial charge < -0.3 is 15.4 Å². The van der Waals surface area contributed by atoms with Crippen LogP contribution in [0.4, 0.5) is 0 Å². The Hall–Kier alpha value is -1.75. The molecule has 2 N–H and O–H groups in total. The Morgan fingerprint density at radius 3 is 2.77 bits per heavy atom. The van der Waals surface area contributed by atoms with Gasteiger partial charge in [-0.3, -0.25) is 9.59 Å². The molecule has 1 saturated heterocycles. The number of primary amides is 1. The minimum Gasteiger partial charge on any atom is -0.491 e. The van der Waals surface area contributed by atoms with Crippen molar-refractivity contribution in [1.29, 1.82) is 0 Å². The third-order valence-corrected chi connectivity index (χ3v) is 4.33. The molecule has 1 fully saturated rings. The molecule has 0 saturated carbocycles. The number of benzene rings is 1. The number of carbonyl (C=O) groups excluding carboxylic acids is 2. The van der Waals surface area contributed by atoms with E-state index in [0.29, 0.717) is 17.3 Å². The molecule has 1 heterocycles. The zero-order valence-electron chi connectivity index (χ0n) is 12.6. The van der Waals surface area contributed by atoms with Crippen molar-refractivity contribution in [3.63, 3.8) is 0 Å². The van der Waals surface area contributed by atoms with Gasteiger partial charge in [-0.2, -0.15) is 0 Å². The maximum atomic E-state index is 12.3. The Morgan fingerprint density at radius 2 is 2.09 bits per heavy atom. The third-order valence-electron chi connectivity index (χ3n) is 4.01. The van der Waals surface area contributed by atoms with Crippen LogP contribution >= 0.6 is 11.6 Å². The lowest BCUT2D eigenvalue weighted by atomic mass is 9.92. The number of ether oxygens (including phenoxy) is 1. The summed E-state index contributed by atoms with van der Waals surface area (Å²) < 4.78 is 5.54. The van der Waals surface area contributed by atoms with Crippen LogP contribution in [0, 0.1) is 5.92 Å². The predicted octanol–water partition coefficient (Wildman–Crippen LogP) is 2.22. The summed E-state index contributed by atoms with van der Waals surface area (Å²) in [7, 11) is 0. The molecule has 0 spiro atoms. The lowest BCUT2D eigenvalue weighted by molar-refractivity contribution is -0.138. The second-order valence-electron chi connectivity index (χ2n) is 5.60. The number of amides is 2. The summed E-state index contributed by atoms with van der Waals surface area (Å²) in [5.74, 6) is -0.0363. The maximum Gasteiger partial charge on any atom is 0.226 e. The molecule has 0 radical (unpaired) electrons. The van der Waals surface area contributed by atoms with E-state index in [2.05, 4.69) is 0 Å². The molecule has 1 aromatic rings. The highest BCUT2D eigenvalue weighted by Gasteiger charge is 2.31. The van der Waals surface area contributed by atoms with E-state index in [1.165, 1.54) is 0 Å². The molecular formula is C16H21ClN2O3. The lowest BCUT2D eigenvalue weighted by Gasteiger charge is -2.37. The van der Waals surface area contributed by atoms with Gasteiger partial charge in [-0.15, -0.1) is 0 Å². The molecule has 6 heteroatoms. The van der Waals surface area contributed by atoms with Gasteiger partial charge in [0, 0.05) is 12.6 Å². The summed E-state index contributed by atoms with van der Waals surface area (Å²) in [5, 5.41) is 0.523. The molecule has 0 aromatic heterocycles. The number of nitrogens with zero attached hydrogens (tertiary/aromatic N) is 1. The monoisotopic (exact) mass is 324 g/mol. The fourth-order valence-electron chi connectivity index (χ4n) is 2.64. The highest BCUT2D eigenvalue weighted by atomic mass is 35.5. The summed E-state index contributed by atoms with van der Waals surface area (Å²) in [6.45, 7) is 2.65. The molecule has 0 unspecified atom stereocenters. The van der Waals surface area contributed by atoms with Gasteiger partial charge in [0.05, 0.1) is 24.0 Å². The van der Waals surface area contributed by atoms with Crippen LogP contribution in [-0.2, 0) is 9.59 Å². The van der Waals surface area contributed by atoms with Gasteiger partial charge in [-0.25, -0.2) is 0 Å². The van der Waals surface area contributed by atoms with Crippen molar-refractivity contribution in [2.75, 3.05) is 13.2 Å². The van der Waals surface area contributed by atoms with Gasteiger partial charge in [0.25, 0.3) is 0 Å². The van der Waals surface area contributed by atoms with Crippen LogP contribution < -0.4 is 10.5 Å². The fraction of sp³-hybridized carbons (Fsp3) is 0.500. The number of halogens is 1. The third kappa shape index (κ3) is 4.13. The first-order valence-electron chi connectivity index (χ1n) is 7.45. The summed E-state index contributed by atoms with van der Waals surface area (Å²) in [4.78, 5) is 25.4. The Labute approximate surface area is 135 Å². The summed E-state index contributed by atoms with van der Waals surface area (Å²) in [5.41, 5.74) is 5.35. The van der Waals surface area contributed by atoms with Crippen molar-refractivity contribution in [1.82, 2.24) is 4.90 Å². The second-order valence-corrected chi connectivity index (χ2v) is 6.01. The average molecular weight is 325 g/mol. The van der Waals surface area contributed by atoms with Gasteiger partial charge >= 0.3 is 0 Å². The quantitative estimate of drug-likeness (QED) is 0.902. The van der Waals surface area contributed by atoms with E-state index in [0.717, 1.165) is 12.8 Å². The Morgan fingerprint density at radius 1 is 1.36 bits per heavy atom. The van der Waals surface area contributed by atoms with Crippen LogP contribution in [-0.4, -0.2) is 35.9 Å². The SMILES string of the molecule is C[C@@H]1CC[C@H](C(N)=O)CN1C(=O)CCOc1ccccc1Cl. The zero-order chi connectivity index (χ0) is 16.1. The van der Waals surface area contributed by atoms with E-state index in [-0.39, 0.29) is 36.8 Å². The predicted molar refractivity (Wildman–Crippen MR) is 84.7 cm³/mol. The van der Waals surface area contributed by atoms with Crippen molar-refractivity contribution in [3.8, 4) is 5.75 Å². The van der Waals surface area contributed by atoms with Crippen molar-refractivity contribution < 1.29 is 14.3 Å². The fourth-order valence-corrected chi connectivity index (χ4v) is 2.83. The minimum atomic E-state index is -0.336. The normalized spacial score (nSPS) is 21.5. The molecule has 0 aliphatic carbocycles. The molecule has 5 nitrogen and oxygen atoms in total. The highest BCUT2D eigenvalue weighted by molar-refractivity contribution is 6.32. The topological polar surface area (TPSA) is 72.6 Å². The Bertz CT molecular complexity index is 550. The number of hydrogen-bond acceptors (Lipinski definition) is 3. The van der Waals surface area contributed by atoms with E-state index in [4.69, 9.17) is 22.1 Å². The zero-order valence-corrected chi connectivity index (χ0v) is 13.4. The Kier molecular flexibility index (Phi) is 5.66. The van der Waals surface area contributed by atoms with Gasteiger partial charge in [0.2, 0.25) is 11.8 Å². The molecule has 0 bridgehead atoms. The Balaban J connectivity index is 1.86. The standard InChI is InChI=1S/C16H21ClN2O3/c1-11-6-7-12(16(18)21)10-19(11)15(20)8-9-22-14-5-3-2-4-13(14)17/h2-5,11-12H,6-10H2,1H3,(H2,18,21)/t11-,12+/m1/s1. The number of piperidine rings is 1. The lowest BCUT2D eigenvalue weighted by Crippen LogP contribution is -2.48. The van der Waals surface area contributed by atoms with E-state index < -0.39 is 0 Å². The molecule has 1 aliphatic heterocycles. The molecule has 1 aliphatic rings. The second kappa shape index (κ2) is 7.49. The van der Waals surface area contributed by atoms with Gasteiger partial charge in [-0.05, 0) is 31.9 Å². The van der Waals surface area contributed by atoms with Crippen molar-refractivity contribution >= 4 is 23.4 Å². The van der Waals surface area contributed by atoms with Crippen LogP contribution in [0.15, 0.2) is 24.3 Å². The van der Waals surface area contributed by atoms with Crippen LogP contribution in [0.3, 0.4) is 0 Å². The van der Waals surface area contributed by atoms with Gasteiger partial charge in [-0.1, -0.05) is 23.7 Å². The van der Waals surface area contributed by atoms with Crippen molar-refractivity contribution in [2.45, 2.75) is 32.2 Å². The number of para-hydroxylation sites is 1. The number of carbonyl (C=O) groups is 2. The maximum absolute atomic E-state index is 12.3. The average Bonchev–Trinajstić information content (AvgIpc) is 2.49.